The van der Waals surface area contributed by atoms with Gasteiger partial charge < -0.3 is 9.88 Å². The summed E-state index contributed by atoms with van der Waals surface area (Å²) in [5.74, 6) is 0.133. The number of hydrogen-bond acceptors (Lipinski definition) is 4. The second-order valence-electron chi connectivity index (χ2n) is 8.67. The van der Waals surface area contributed by atoms with Gasteiger partial charge in [-0.1, -0.05) is 68.9 Å². The van der Waals surface area contributed by atoms with E-state index in [-0.39, 0.29) is 11.1 Å². The zero-order valence-electron chi connectivity index (χ0n) is 19.2. The Morgan fingerprint density at radius 1 is 1.06 bits per heavy atom. The summed E-state index contributed by atoms with van der Waals surface area (Å²) < 4.78 is 41.6. The van der Waals surface area contributed by atoms with Crippen molar-refractivity contribution in [2.24, 2.45) is 0 Å². The maximum atomic E-state index is 13.2. The number of alkyl halides is 3. The first kappa shape index (κ1) is 24.8. The van der Waals surface area contributed by atoms with Crippen LogP contribution in [0.3, 0.4) is 0 Å². The Morgan fingerprint density at radius 3 is 2.27 bits per heavy atom. The minimum absolute atomic E-state index is 0.0332. The zero-order chi connectivity index (χ0) is 24.4. The van der Waals surface area contributed by atoms with E-state index in [9.17, 15) is 18.0 Å². The lowest BCUT2D eigenvalue weighted by molar-refractivity contribution is -0.137. The Labute approximate surface area is 195 Å². The summed E-state index contributed by atoms with van der Waals surface area (Å²) >= 11 is 1.15. The summed E-state index contributed by atoms with van der Waals surface area (Å²) in [5.41, 5.74) is 0.992. The number of carbonyl (C=O) groups is 1. The van der Waals surface area contributed by atoms with E-state index in [0.717, 1.165) is 23.4 Å². The summed E-state index contributed by atoms with van der Waals surface area (Å²) in [4.78, 5) is 12.6. The Balaban J connectivity index is 1.78. The van der Waals surface area contributed by atoms with E-state index in [1.807, 2.05) is 23.6 Å². The van der Waals surface area contributed by atoms with Gasteiger partial charge in [0.25, 0.3) is 0 Å². The Hall–Kier alpha value is -2.81. The summed E-state index contributed by atoms with van der Waals surface area (Å²) in [6, 6.07) is 13.0. The molecule has 0 bridgehead atoms. The predicted molar refractivity (Wildman–Crippen MR) is 125 cm³/mol. The highest BCUT2D eigenvalue weighted by Crippen LogP contribution is 2.35. The van der Waals surface area contributed by atoms with E-state index in [1.165, 1.54) is 23.8 Å². The molecule has 0 aliphatic heterocycles. The molecule has 0 radical (unpaired) electrons. The lowest BCUT2D eigenvalue weighted by Gasteiger charge is -2.19. The fraction of sp³-hybridized carbons (Fsp3) is 0.375. The molecule has 0 fully saturated rings. The molecule has 9 heteroatoms. The van der Waals surface area contributed by atoms with Crippen molar-refractivity contribution >= 4 is 23.4 Å². The first-order chi connectivity index (χ1) is 15.4. The number of nitrogens with zero attached hydrogens (tertiary/aromatic N) is 3. The van der Waals surface area contributed by atoms with Gasteiger partial charge in [-0.3, -0.25) is 4.79 Å². The van der Waals surface area contributed by atoms with Crippen LogP contribution < -0.4 is 5.32 Å². The molecule has 0 aliphatic rings. The third kappa shape index (κ3) is 5.76. The maximum Gasteiger partial charge on any atom is 0.418 e. The minimum atomic E-state index is -4.56. The number of nitrogens with one attached hydrogen (secondary N) is 1. The van der Waals surface area contributed by atoms with Gasteiger partial charge in [0.2, 0.25) is 5.91 Å². The molecule has 176 valence electrons. The van der Waals surface area contributed by atoms with Crippen molar-refractivity contribution in [2.75, 3.05) is 5.32 Å². The van der Waals surface area contributed by atoms with Crippen molar-refractivity contribution in [3.63, 3.8) is 0 Å². The molecule has 0 aliphatic carbocycles. The highest BCUT2D eigenvalue weighted by atomic mass is 32.2. The summed E-state index contributed by atoms with van der Waals surface area (Å²) in [6.07, 6.45) is -4.56. The van der Waals surface area contributed by atoms with Crippen LogP contribution in [0.2, 0.25) is 0 Å². The first-order valence-corrected chi connectivity index (χ1v) is 11.5. The van der Waals surface area contributed by atoms with E-state index in [2.05, 4.69) is 48.4 Å². The molecule has 1 unspecified atom stereocenters. The fourth-order valence-electron chi connectivity index (χ4n) is 3.28. The molecule has 1 heterocycles. The Morgan fingerprint density at radius 2 is 1.70 bits per heavy atom. The molecule has 3 rings (SSSR count). The number of halogens is 3. The van der Waals surface area contributed by atoms with E-state index >= 15 is 0 Å². The van der Waals surface area contributed by atoms with Crippen molar-refractivity contribution in [3.8, 4) is 11.4 Å². The van der Waals surface area contributed by atoms with Crippen molar-refractivity contribution in [1.82, 2.24) is 14.8 Å². The third-order valence-corrected chi connectivity index (χ3v) is 6.26. The van der Waals surface area contributed by atoms with Crippen LogP contribution in [0.5, 0.6) is 0 Å². The molecular formula is C24H27F3N4OS. The monoisotopic (exact) mass is 476 g/mol. The fourth-order valence-corrected chi connectivity index (χ4v) is 4.19. The van der Waals surface area contributed by atoms with Crippen LogP contribution in [0.25, 0.3) is 11.4 Å². The second-order valence-corrected chi connectivity index (χ2v) is 9.98. The topological polar surface area (TPSA) is 59.8 Å². The molecule has 2 aromatic carbocycles. The number of benzene rings is 2. The minimum Gasteiger partial charge on any atom is -0.325 e. The summed E-state index contributed by atoms with van der Waals surface area (Å²) in [7, 11) is 0. The van der Waals surface area contributed by atoms with Gasteiger partial charge in [0.15, 0.2) is 11.0 Å². The van der Waals surface area contributed by atoms with Gasteiger partial charge in [0, 0.05) is 12.1 Å². The number of thioether (sulfide) groups is 1. The quantitative estimate of drug-likeness (QED) is 0.418. The molecule has 1 amide bonds. The van der Waals surface area contributed by atoms with Crippen LogP contribution in [0.15, 0.2) is 53.7 Å². The molecule has 5 nitrogen and oxygen atoms in total. The van der Waals surface area contributed by atoms with E-state index in [0.29, 0.717) is 17.5 Å². The van der Waals surface area contributed by atoms with Crippen LogP contribution in [-0.2, 0) is 22.9 Å². The van der Waals surface area contributed by atoms with Crippen molar-refractivity contribution in [1.29, 1.82) is 0 Å². The summed E-state index contributed by atoms with van der Waals surface area (Å²) in [6.45, 7) is 10.6. The molecule has 0 saturated heterocycles. The van der Waals surface area contributed by atoms with Crippen molar-refractivity contribution in [2.45, 2.75) is 63.2 Å². The van der Waals surface area contributed by atoms with Crippen molar-refractivity contribution < 1.29 is 18.0 Å². The number of aromatic nitrogens is 3. The molecule has 1 aromatic heterocycles. The van der Waals surface area contributed by atoms with Gasteiger partial charge in [-0.2, -0.15) is 13.2 Å². The number of carbonyl (C=O) groups excluding carboxylic acids is 1. The number of hydrogen-bond donors (Lipinski definition) is 1. The van der Waals surface area contributed by atoms with E-state index < -0.39 is 22.9 Å². The number of rotatable bonds is 6. The average Bonchev–Trinajstić information content (AvgIpc) is 3.15. The standard InChI is InChI=1S/C24H27F3N4OS/c1-6-31-20(16-11-13-17(14-12-16)23(3,4)5)29-30-22(31)33-15(2)21(32)28-19-10-8-7-9-18(19)24(25,26)27/h7-15H,6H2,1-5H3,(H,28,32). The molecule has 1 N–H and O–H groups in total. The van der Waals surface area contributed by atoms with Gasteiger partial charge >= 0.3 is 6.18 Å². The Kier molecular flexibility index (Phi) is 7.21. The maximum absolute atomic E-state index is 13.2. The van der Waals surface area contributed by atoms with Crippen LogP contribution in [0, 0.1) is 0 Å². The number of amides is 1. The lowest BCUT2D eigenvalue weighted by atomic mass is 9.87. The molecule has 33 heavy (non-hydrogen) atoms. The van der Waals surface area contributed by atoms with Crippen molar-refractivity contribution in [3.05, 3.63) is 59.7 Å². The van der Waals surface area contributed by atoms with Gasteiger partial charge in [-0.05, 0) is 37.0 Å². The van der Waals surface area contributed by atoms with Gasteiger partial charge in [-0.15, -0.1) is 10.2 Å². The average molecular weight is 477 g/mol. The highest BCUT2D eigenvalue weighted by molar-refractivity contribution is 8.00. The molecule has 3 aromatic rings. The number of para-hydroxylation sites is 1. The van der Waals surface area contributed by atoms with E-state index in [4.69, 9.17) is 0 Å². The smallest absolute Gasteiger partial charge is 0.325 e. The first-order valence-electron chi connectivity index (χ1n) is 10.6. The van der Waals surface area contributed by atoms with Crippen LogP contribution in [-0.4, -0.2) is 25.9 Å². The van der Waals surface area contributed by atoms with E-state index in [1.54, 1.807) is 6.92 Å². The van der Waals surface area contributed by atoms with Crippen LogP contribution in [0.1, 0.15) is 45.7 Å². The van der Waals surface area contributed by atoms with Crippen LogP contribution in [0.4, 0.5) is 18.9 Å². The SMILES string of the molecule is CCn1c(SC(C)C(=O)Nc2ccccc2C(F)(F)F)nnc1-c1ccc(C(C)(C)C)cc1. The molecular weight excluding hydrogens is 449 g/mol. The lowest BCUT2D eigenvalue weighted by Crippen LogP contribution is -2.24. The summed E-state index contributed by atoms with van der Waals surface area (Å²) in [5, 5.41) is 10.8. The normalized spacial score (nSPS) is 13.1. The molecule has 0 saturated carbocycles. The Bertz CT molecular complexity index is 1120. The third-order valence-electron chi connectivity index (χ3n) is 5.18. The second kappa shape index (κ2) is 9.59. The number of anilines is 1. The van der Waals surface area contributed by atoms with Crippen LogP contribution >= 0.6 is 11.8 Å². The predicted octanol–water partition coefficient (Wildman–Crippen LogP) is 6.40. The molecule has 0 spiro atoms. The molecule has 1 atom stereocenters. The van der Waals surface area contributed by atoms with Gasteiger partial charge in [0.1, 0.15) is 0 Å². The zero-order valence-corrected chi connectivity index (χ0v) is 20.0. The van der Waals surface area contributed by atoms with Gasteiger partial charge in [0.05, 0.1) is 16.5 Å². The van der Waals surface area contributed by atoms with Gasteiger partial charge in [-0.25, -0.2) is 0 Å². The highest BCUT2D eigenvalue weighted by Gasteiger charge is 2.34. The largest absolute Gasteiger partial charge is 0.418 e.